The second kappa shape index (κ2) is 6.61. The number of hydrogen-bond donors (Lipinski definition) is 2. The number of likely N-dealkylation sites (tertiary alicyclic amines) is 1. The normalized spacial score (nSPS) is 14.3. The molecule has 1 aromatic heterocycles. The van der Waals surface area contributed by atoms with Gasteiger partial charge in [0.1, 0.15) is 0 Å². The molecule has 1 aliphatic heterocycles. The maximum atomic E-state index is 12.7. The molecule has 1 saturated heterocycles. The number of hydrogen-bond acceptors (Lipinski definition) is 2. The van der Waals surface area contributed by atoms with Crippen LogP contribution in [0.25, 0.3) is 10.9 Å². The molecule has 0 radical (unpaired) electrons. The third-order valence-corrected chi connectivity index (χ3v) is 5.30. The quantitative estimate of drug-likeness (QED) is 0.684. The summed E-state index contributed by atoms with van der Waals surface area (Å²) in [6.45, 7) is 2.84. The predicted octanol–water partition coefficient (Wildman–Crippen LogP) is 3.95. The SMILES string of the molecule is Cc1cc(Br)ccc1NC(=O)C1CN(C(=O)c2c[nH]c3ccccc23)C1. The summed E-state index contributed by atoms with van der Waals surface area (Å²) in [5, 5.41) is 3.87. The lowest BCUT2D eigenvalue weighted by atomic mass is 9.97. The van der Waals surface area contributed by atoms with Crippen LogP contribution in [0.3, 0.4) is 0 Å². The van der Waals surface area contributed by atoms with E-state index in [-0.39, 0.29) is 17.7 Å². The van der Waals surface area contributed by atoms with Crippen molar-refractivity contribution in [3.63, 3.8) is 0 Å². The van der Waals surface area contributed by atoms with Crippen LogP contribution in [0.5, 0.6) is 0 Å². The molecule has 3 aromatic rings. The highest BCUT2D eigenvalue weighted by molar-refractivity contribution is 9.10. The number of amides is 2. The molecule has 132 valence electrons. The van der Waals surface area contributed by atoms with E-state index in [1.165, 1.54) is 0 Å². The summed E-state index contributed by atoms with van der Waals surface area (Å²) in [7, 11) is 0. The van der Waals surface area contributed by atoms with Gasteiger partial charge in [0.15, 0.2) is 0 Å². The lowest BCUT2D eigenvalue weighted by Gasteiger charge is -2.38. The number of nitrogens with one attached hydrogen (secondary N) is 2. The van der Waals surface area contributed by atoms with Gasteiger partial charge >= 0.3 is 0 Å². The van der Waals surface area contributed by atoms with Crippen molar-refractivity contribution in [3.05, 3.63) is 64.3 Å². The van der Waals surface area contributed by atoms with E-state index in [1.54, 1.807) is 11.1 Å². The van der Waals surface area contributed by atoms with Crippen molar-refractivity contribution in [1.82, 2.24) is 9.88 Å². The largest absolute Gasteiger partial charge is 0.360 e. The summed E-state index contributed by atoms with van der Waals surface area (Å²) in [6.07, 6.45) is 1.74. The zero-order valence-corrected chi connectivity index (χ0v) is 15.8. The molecule has 2 heterocycles. The molecule has 26 heavy (non-hydrogen) atoms. The van der Waals surface area contributed by atoms with Crippen molar-refractivity contribution in [3.8, 4) is 0 Å². The van der Waals surface area contributed by atoms with Gasteiger partial charge in [-0.05, 0) is 36.8 Å². The van der Waals surface area contributed by atoms with Crippen LogP contribution in [0.1, 0.15) is 15.9 Å². The molecule has 4 rings (SSSR count). The minimum absolute atomic E-state index is 0.0358. The first-order chi connectivity index (χ1) is 12.5. The lowest BCUT2D eigenvalue weighted by Crippen LogP contribution is -2.54. The van der Waals surface area contributed by atoms with Gasteiger partial charge in [-0.1, -0.05) is 34.1 Å². The number of para-hydroxylation sites is 1. The van der Waals surface area contributed by atoms with Crippen molar-refractivity contribution in [2.75, 3.05) is 18.4 Å². The molecule has 0 saturated carbocycles. The van der Waals surface area contributed by atoms with E-state index in [0.717, 1.165) is 26.6 Å². The number of carbonyl (C=O) groups is 2. The monoisotopic (exact) mass is 411 g/mol. The van der Waals surface area contributed by atoms with Crippen LogP contribution in [0.15, 0.2) is 53.1 Å². The van der Waals surface area contributed by atoms with E-state index < -0.39 is 0 Å². The van der Waals surface area contributed by atoms with Crippen molar-refractivity contribution in [2.24, 2.45) is 5.92 Å². The summed E-state index contributed by atoms with van der Waals surface area (Å²) in [6, 6.07) is 13.5. The average Bonchev–Trinajstić information content (AvgIpc) is 3.00. The van der Waals surface area contributed by atoms with Crippen LogP contribution in [0, 0.1) is 12.8 Å². The molecule has 2 amide bonds. The van der Waals surface area contributed by atoms with Crippen molar-refractivity contribution in [2.45, 2.75) is 6.92 Å². The van der Waals surface area contributed by atoms with Gasteiger partial charge in [-0.15, -0.1) is 0 Å². The van der Waals surface area contributed by atoms with Gasteiger partial charge in [-0.3, -0.25) is 9.59 Å². The van der Waals surface area contributed by atoms with E-state index in [9.17, 15) is 9.59 Å². The summed E-state index contributed by atoms with van der Waals surface area (Å²) >= 11 is 3.42. The van der Waals surface area contributed by atoms with Gasteiger partial charge in [-0.25, -0.2) is 0 Å². The summed E-state index contributed by atoms with van der Waals surface area (Å²) < 4.78 is 0.979. The number of rotatable bonds is 3. The first-order valence-corrected chi connectivity index (χ1v) is 9.24. The minimum Gasteiger partial charge on any atom is -0.360 e. The molecule has 5 nitrogen and oxygen atoms in total. The Bertz CT molecular complexity index is 1010. The maximum absolute atomic E-state index is 12.7. The Hall–Kier alpha value is -2.60. The highest BCUT2D eigenvalue weighted by Gasteiger charge is 2.36. The number of aryl methyl sites for hydroxylation is 1. The zero-order valence-electron chi connectivity index (χ0n) is 14.3. The zero-order chi connectivity index (χ0) is 18.3. The molecule has 2 aromatic carbocycles. The van der Waals surface area contributed by atoms with Gasteiger partial charge in [0.2, 0.25) is 5.91 Å². The number of benzene rings is 2. The fourth-order valence-corrected chi connectivity index (χ4v) is 3.71. The van der Waals surface area contributed by atoms with Crippen LogP contribution < -0.4 is 5.32 Å². The standard InChI is InChI=1S/C20H18BrN3O2/c1-12-8-14(21)6-7-17(12)23-19(25)13-10-24(11-13)20(26)16-9-22-18-5-3-2-4-15(16)18/h2-9,13,22H,10-11H2,1H3,(H,23,25). The predicted molar refractivity (Wildman–Crippen MR) is 105 cm³/mol. The minimum atomic E-state index is -0.174. The highest BCUT2D eigenvalue weighted by Crippen LogP contribution is 2.26. The lowest BCUT2D eigenvalue weighted by molar-refractivity contribution is -0.123. The molecule has 0 aliphatic carbocycles. The molecule has 2 N–H and O–H groups in total. The van der Waals surface area contributed by atoms with Crippen LogP contribution in [0.2, 0.25) is 0 Å². The number of nitrogens with zero attached hydrogens (tertiary/aromatic N) is 1. The van der Waals surface area contributed by atoms with Crippen LogP contribution >= 0.6 is 15.9 Å². The molecule has 6 heteroatoms. The Kier molecular flexibility index (Phi) is 4.28. The van der Waals surface area contributed by atoms with E-state index in [4.69, 9.17) is 0 Å². The first kappa shape index (κ1) is 16.8. The van der Waals surface area contributed by atoms with E-state index in [2.05, 4.69) is 26.2 Å². The summed E-state index contributed by atoms with van der Waals surface area (Å²) in [4.78, 5) is 30.0. The van der Waals surface area contributed by atoms with Crippen molar-refractivity contribution >= 4 is 44.3 Å². The summed E-state index contributed by atoms with van der Waals surface area (Å²) in [5.74, 6) is -0.253. The molecule has 0 spiro atoms. The Morgan fingerprint density at radius 1 is 1.19 bits per heavy atom. The number of fused-ring (bicyclic) bond motifs is 1. The third-order valence-electron chi connectivity index (χ3n) is 4.81. The van der Waals surface area contributed by atoms with Gasteiger partial charge in [0.25, 0.3) is 5.91 Å². The summed E-state index contributed by atoms with van der Waals surface area (Å²) in [5.41, 5.74) is 3.40. The van der Waals surface area contributed by atoms with Crippen molar-refractivity contribution in [1.29, 1.82) is 0 Å². The molecular formula is C20H18BrN3O2. The third kappa shape index (κ3) is 3.01. The van der Waals surface area contributed by atoms with Crippen LogP contribution in [-0.4, -0.2) is 34.8 Å². The number of carbonyl (C=O) groups excluding carboxylic acids is 2. The van der Waals surface area contributed by atoms with Gasteiger partial charge in [0, 0.05) is 40.3 Å². The Balaban J connectivity index is 1.40. The molecule has 1 fully saturated rings. The Labute approximate surface area is 159 Å². The van der Waals surface area contributed by atoms with Crippen LogP contribution in [-0.2, 0) is 4.79 Å². The molecule has 0 bridgehead atoms. The van der Waals surface area contributed by atoms with E-state index in [1.807, 2.05) is 49.4 Å². The number of anilines is 1. The topological polar surface area (TPSA) is 65.2 Å². The maximum Gasteiger partial charge on any atom is 0.256 e. The Morgan fingerprint density at radius 2 is 1.96 bits per heavy atom. The van der Waals surface area contributed by atoms with E-state index >= 15 is 0 Å². The molecule has 0 atom stereocenters. The molecule has 1 aliphatic rings. The fourth-order valence-electron chi connectivity index (χ4n) is 3.23. The number of halogens is 1. The Morgan fingerprint density at radius 3 is 2.73 bits per heavy atom. The molecule has 0 unspecified atom stereocenters. The first-order valence-electron chi connectivity index (χ1n) is 8.45. The van der Waals surface area contributed by atoms with E-state index in [0.29, 0.717) is 18.7 Å². The van der Waals surface area contributed by atoms with Gasteiger partial charge in [0.05, 0.1) is 11.5 Å². The second-order valence-electron chi connectivity index (χ2n) is 6.60. The smallest absolute Gasteiger partial charge is 0.256 e. The second-order valence-corrected chi connectivity index (χ2v) is 7.52. The number of aromatic nitrogens is 1. The van der Waals surface area contributed by atoms with Crippen LogP contribution in [0.4, 0.5) is 5.69 Å². The number of H-pyrrole nitrogens is 1. The number of aromatic amines is 1. The average molecular weight is 412 g/mol. The fraction of sp³-hybridized carbons (Fsp3) is 0.200. The molecular weight excluding hydrogens is 394 g/mol. The van der Waals surface area contributed by atoms with Gasteiger partial charge < -0.3 is 15.2 Å². The van der Waals surface area contributed by atoms with Gasteiger partial charge in [-0.2, -0.15) is 0 Å². The van der Waals surface area contributed by atoms with Crippen molar-refractivity contribution < 1.29 is 9.59 Å². The highest BCUT2D eigenvalue weighted by atomic mass is 79.9.